The molecule has 0 aliphatic heterocycles. The minimum atomic E-state index is 0. The van der Waals surface area contributed by atoms with Crippen LogP contribution in [0.5, 0.6) is 0 Å². The van der Waals surface area contributed by atoms with E-state index in [-0.39, 0.29) is 12.4 Å². The van der Waals surface area contributed by atoms with E-state index in [1.54, 1.807) is 0 Å². The monoisotopic (exact) mass is 359 g/mol. The molecule has 0 saturated heterocycles. The average Bonchev–Trinajstić information content (AvgIpc) is 2.84. The summed E-state index contributed by atoms with van der Waals surface area (Å²) in [4.78, 5) is 1.41. The van der Waals surface area contributed by atoms with Crippen LogP contribution in [0.1, 0.15) is 30.3 Å². The van der Waals surface area contributed by atoms with Crippen molar-refractivity contribution in [3.8, 4) is 0 Å². The first-order valence-electron chi connectivity index (χ1n) is 6.19. The van der Waals surface area contributed by atoms with Crippen LogP contribution in [0.15, 0.2) is 46.3 Å². The molecule has 1 aromatic heterocycles. The third-order valence-electron chi connectivity index (χ3n) is 2.77. The Bertz CT molecular complexity index is 467. The molecule has 1 N–H and O–H groups in total. The molecule has 1 unspecified atom stereocenters. The Morgan fingerprint density at radius 1 is 1.16 bits per heavy atom. The maximum atomic E-state index is 3.64. The number of hydrogen-bond donors (Lipinski definition) is 1. The molecule has 0 saturated carbocycles. The van der Waals surface area contributed by atoms with Crippen molar-refractivity contribution >= 4 is 39.7 Å². The minimum Gasteiger partial charge on any atom is -0.307 e. The zero-order chi connectivity index (χ0) is 13.0. The smallest absolute Gasteiger partial charge is 0.0457 e. The average molecular weight is 361 g/mol. The Kier molecular flexibility index (Phi) is 7.08. The Balaban J connectivity index is 0.00000180. The van der Waals surface area contributed by atoms with Gasteiger partial charge in [-0.15, -0.1) is 23.7 Å². The van der Waals surface area contributed by atoms with Gasteiger partial charge >= 0.3 is 0 Å². The molecule has 1 nitrogen and oxygen atoms in total. The highest BCUT2D eigenvalue weighted by Crippen LogP contribution is 2.24. The van der Waals surface area contributed by atoms with E-state index in [2.05, 4.69) is 76.9 Å². The van der Waals surface area contributed by atoms with Gasteiger partial charge in [0.05, 0.1) is 0 Å². The lowest BCUT2D eigenvalue weighted by Crippen LogP contribution is -2.29. The molecule has 1 heterocycles. The highest BCUT2D eigenvalue weighted by Gasteiger charge is 2.14. The molecule has 0 aliphatic rings. The molecule has 2 rings (SSSR count). The number of thiophene rings is 1. The molecule has 2 aromatic rings. The second-order valence-electron chi connectivity index (χ2n) is 4.72. The molecule has 0 bridgehead atoms. The normalized spacial score (nSPS) is 12.2. The summed E-state index contributed by atoms with van der Waals surface area (Å²) in [6, 6.07) is 13.8. The molecule has 0 amide bonds. The number of rotatable bonds is 5. The van der Waals surface area contributed by atoms with Crippen LogP contribution in [0.3, 0.4) is 0 Å². The first kappa shape index (κ1) is 16.7. The standard InChI is InChI=1S/C15H18BrNS.ClH/c1-11(2)17-14(15-4-3-9-18-15)10-12-5-7-13(16)8-6-12;/h3-9,11,14,17H,10H2,1-2H3;1H. The van der Waals surface area contributed by atoms with Crippen molar-refractivity contribution in [1.29, 1.82) is 0 Å². The van der Waals surface area contributed by atoms with Gasteiger partial charge in [-0.3, -0.25) is 0 Å². The molecule has 0 aliphatic carbocycles. The summed E-state index contributed by atoms with van der Waals surface area (Å²) in [6.07, 6.45) is 1.03. The maximum Gasteiger partial charge on any atom is 0.0457 e. The summed E-state index contributed by atoms with van der Waals surface area (Å²) in [5.74, 6) is 0. The fourth-order valence-electron chi connectivity index (χ4n) is 1.99. The third kappa shape index (κ3) is 5.27. The van der Waals surface area contributed by atoms with Gasteiger partial charge in [-0.2, -0.15) is 0 Å². The molecule has 19 heavy (non-hydrogen) atoms. The molecule has 0 radical (unpaired) electrons. The van der Waals surface area contributed by atoms with Gasteiger partial charge in [-0.1, -0.05) is 48.0 Å². The summed E-state index contributed by atoms with van der Waals surface area (Å²) in [6.45, 7) is 4.39. The van der Waals surface area contributed by atoms with Crippen LogP contribution >= 0.6 is 39.7 Å². The van der Waals surface area contributed by atoms with Crippen LogP contribution in [0, 0.1) is 0 Å². The van der Waals surface area contributed by atoms with Gasteiger partial charge in [0, 0.05) is 21.4 Å². The van der Waals surface area contributed by atoms with E-state index < -0.39 is 0 Å². The molecule has 1 aromatic carbocycles. The summed E-state index contributed by atoms with van der Waals surface area (Å²) in [5, 5.41) is 5.79. The fraction of sp³-hybridized carbons (Fsp3) is 0.333. The summed E-state index contributed by atoms with van der Waals surface area (Å²) < 4.78 is 1.13. The van der Waals surface area contributed by atoms with Crippen LogP contribution < -0.4 is 5.32 Å². The SMILES string of the molecule is CC(C)NC(Cc1ccc(Br)cc1)c1cccs1.Cl. The molecule has 1 atom stereocenters. The molecular formula is C15H19BrClNS. The zero-order valence-corrected chi connectivity index (χ0v) is 14.3. The Morgan fingerprint density at radius 2 is 1.84 bits per heavy atom. The number of benzene rings is 1. The van der Waals surface area contributed by atoms with Crippen LogP contribution in [-0.4, -0.2) is 6.04 Å². The highest BCUT2D eigenvalue weighted by atomic mass is 79.9. The number of halogens is 2. The Hall–Kier alpha value is -0.350. The quantitative estimate of drug-likeness (QED) is 0.771. The first-order valence-corrected chi connectivity index (χ1v) is 7.86. The fourth-order valence-corrected chi connectivity index (χ4v) is 3.04. The van der Waals surface area contributed by atoms with Crippen molar-refractivity contribution in [3.63, 3.8) is 0 Å². The maximum absolute atomic E-state index is 3.64. The summed E-state index contributed by atoms with van der Waals surface area (Å²) in [5.41, 5.74) is 1.37. The predicted octanol–water partition coefficient (Wildman–Crippen LogP) is 5.21. The van der Waals surface area contributed by atoms with Gasteiger partial charge < -0.3 is 5.32 Å². The first-order chi connectivity index (χ1) is 8.65. The minimum absolute atomic E-state index is 0. The molecule has 104 valence electrons. The van der Waals surface area contributed by atoms with Crippen molar-refractivity contribution in [2.24, 2.45) is 0 Å². The number of hydrogen-bond acceptors (Lipinski definition) is 2. The van der Waals surface area contributed by atoms with Crippen LogP contribution in [-0.2, 0) is 6.42 Å². The van der Waals surface area contributed by atoms with Crippen molar-refractivity contribution in [2.45, 2.75) is 32.4 Å². The second-order valence-corrected chi connectivity index (χ2v) is 6.61. The van der Waals surface area contributed by atoms with E-state index >= 15 is 0 Å². The van der Waals surface area contributed by atoms with E-state index in [1.165, 1.54) is 10.4 Å². The largest absolute Gasteiger partial charge is 0.307 e. The van der Waals surface area contributed by atoms with Crippen molar-refractivity contribution < 1.29 is 0 Å². The van der Waals surface area contributed by atoms with Gasteiger partial charge in [-0.25, -0.2) is 0 Å². The van der Waals surface area contributed by atoms with Crippen molar-refractivity contribution in [2.75, 3.05) is 0 Å². The van der Waals surface area contributed by atoms with Gasteiger partial charge in [0.25, 0.3) is 0 Å². The van der Waals surface area contributed by atoms with E-state index in [9.17, 15) is 0 Å². The van der Waals surface area contributed by atoms with Crippen LogP contribution in [0.25, 0.3) is 0 Å². The lowest BCUT2D eigenvalue weighted by Gasteiger charge is -2.20. The summed E-state index contributed by atoms with van der Waals surface area (Å²) >= 11 is 5.30. The van der Waals surface area contributed by atoms with E-state index in [4.69, 9.17) is 0 Å². The van der Waals surface area contributed by atoms with E-state index in [0.29, 0.717) is 12.1 Å². The Morgan fingerprint density at radius 3 is 2.37 bits per heavy atom. The van der Waals surface area contributed by atoms with Gasteiger partial charge in [0.2, 0.25) is 0 Å². The Labute approximate surface area is 134 Å². The zero-order valence-electron chi connectivity index (χ0n) is 11.1. The third-order valence-corrected chi connectivity index (χ3v) is 4.29. The molecule has 0 spiro atoms. The topological polar surface area (TPSA) is 12.0 Å². The van der Waals surface area contributed by atoms with Gasteiger partial charge in [0.15, 0.2) is 0 Å². The predicted molar refractivity (Wildman–Crippen MR) is 90.4 cm³/mol. The van der Waals surface area contributed by atoms with E-state index in [0.717, 1.165) is 10.9 Å². The lowest BCUT2D eigenvalue weighted by atomic mass is 10.0. The second kappa shape index (κ2) is 8.05. The lowest BCUT2D eigenvalue weighted by molar-refractivity contribution is 0.480. The molecule has 4 heteroatoms. The molecule has 0 fully saturated rings. The molecular weight excluding hydrogens is 342 g/mol. The highest BCUT2D eigenvalue weighted by molar-refractivity contribution is 9.10. The van der Waals surface area contributed by atoms with Crippen molar-refractivity contribution in [1.82, 2.24) is 5.32 Å². The van der Waals surface area contributed by atoms with Gasteiger partial charge in [0.1, 0.15) is 0 Å². The van der Waals surface area contributed by atoms with Gasteiger partial charge in [-0.05, 0) is 35.6 Å². The van der Waals surface area contributed by atoms with Crippen LogP contribution in [0.4, 0.5) is 0 Å². The summed E-state index contributed by atoms with van der Waals surface area (Å²) in [7, 11) is 0. The van der Waals surface area contributed by atoms with Crippen LogP contribution in [0.2, 0.25) is 0 Å². The number of nitrogens with one attached hydrogen (secondary N) is 1. The van der Waals surface area contributed by atoms with Crippen molar-refractivity contribution in [3.05, 3.63) is 56.7 Å². The van der Waals surface area contributed by atoms with E-state index in [1.807, 2.05) is 11.3 Å².